The third-order valence-electron chi connectivity index (χ3n) is 5.53. The van der Waals surface area contributed by atoms with Gasteiger partial charge in [0.25, 0.3) is 11.5 Å². The molecule has 0 radical (unpaired) electrons. The number of likely N-dealkylation sites (tertiary alicyclic amines) is 1. The van der Waals surface area contributed by atoms with Gasteiger partial charge in [-0.15, -0.1) is 0 Å². The predicted octanol–water partition coefficient (Wildman–Crippen LogP) is 3.38. The minimum Gasteiger partial charge on any atom is -0.335 e. The number of aromatic nitrogens is 1. The van der Waals surface area contributed by atoms with Crippen molar-refractivity contribution in [2.45, 2.75) is 38.1 Å². The molecule has 2 fully saturated rings. The lowest BCUT2D eigenvalue weighted by molar-refractivity contribution is 0.0689. The molecule has 1 aromatic heterocycles. The first kappa shape index (κ1) is 16.1. The Morgan fingerprint density at radius 1 is 1.00 bits per heavy atom. The van der Waals surface area contributed by atoms with Crippen LogP contribution in [0, 0.1) is 11.7 Å². The monoisotopic (exact) mass is 340 g/mol. The first-order chi connectivity index (χ1) is 12.1. The maximum absolute atomic E-state index is 13.1. The number of benzene rings is 1. The highest BCUT2D eigenvalue weighted by atomic mass is 19.1. The molecule has 4 nitrogen and oxygen atoms in total. The average molecular weight is 340 g/mol. The second kappa shape index (κ2) is 6.47. The zero-order valence-corrected chi connectivity index (χ0v) is 14.0. The van der Waals surface area contributed by atoms with Gasteiger partial charge >= 0.3 is 0 Å². The summed E-state index contributed by atoms with van der Waals surface area (Å²) in [6, 6.07) is 9.04. The molecule has 2 atom stereocenters. The van der Waals surface area contributed by atoms with Crippen molar-refractivity contribution in [2.75, 3.05) is 6.54 Å². The van der Waals surface area contributed by atoms with Crippen molar-refractivity contribution in [1.29, 1.82) is 0 Å². The molecule has 0 bridgehead atoms. The number of amides is 1. The summed E-state index contributed by atoms with van der Waals surface area (Å²) >= 11 is 0. The first-order valence-corrected chi connectivity index (χ1v) is 8.93. The molecule has 1 aliphatic carbocycles. The highest BCUT2D eigenvalue weighted by Gasteiger charge is 2.38. The largest absolute Gasteiger partial charge is 0.335 e. The van der Waals surface area contributed by atoms with Crippen LogP contribution in [0.2, 0.25) is 0 Å². The quantitative estimate of drug-likeness (QED) is 0.841. The van der Waals surface area contributed by atoms with Gasteiger partial charge in [0.05, 0.1) is 5.56 Å². The van der Waals surface area contributed by atoms with Crippen LogP contribution in [0.25, 0.3) is 5.69 Å². The maximum atomic E-state index is 13.1. The molecule has 1 amide bonds. The Labute approximate surface area is 145 Å². The normalized spacial score (nSPS) is 22.7. The molecule has 2 aliphatic rings. The van der Waals surface area contributed by atoms with E-state index in [2.05, 4.69) is 0 Å². The molecule has 1 aromatic carbocycles. The molecular formula is C20H21FN2O2. The summed E-state index contributed by atoms with van der Waals surface area (Å²) in [5.41, 5.74) is 0.827. The Bertz CT molecular complexity index is 844. The van der Waals surface area contributed by atoms with Gasteiger partial charge in [-0.05, 0) is 55.5 Å². The average Bonchev–Trinajstić information content (AvgIpc) is 3.06. The number of carbonyl (C=O) groups is 1. The minimum atomic E-state index is -0.357. The van der Waals surface area contributed by atoms with Crippen molar-refractivity contribution >= 4 is 5.91 Å². The van der Waals surface area contributed by atoms with Crippen LogP contribution >= 0.6 is 0 Å². The van der Waals surface area contributed by atoms with Gasteiger partial charge in [-0.1, -0.05) is 12.8 Å². The highest BCUT2D eigenvalue weighted by Crippen LogP contribution is 2.36. The predicted molar refractivity (Wildman–Crippen MR) is 93.4 cm³/mol. The Morgan fingerprint density at radius 2 is 1.76 bits per heavy atom. The van der Waals surface area contributed by atoms with E-state index in [4.69, 9.17) is 0 Å². The standard InChI is InChI=1S/C20H21FN2O2/c21-16-6-8-17(9-7-16)23-13-15(5-10-19(23)24)20(25)22-12-11-14-3-1-2-4-18(14)22/h5-10,13-14,18H,1-4,11-12H2/t14-,18+/m0/s1. The second-order valence-electron chi connectivity index (χ2n) is 7.00. The molecule has 1 aliphatic heterocycles. The SMILES string of the molecule is O=C(c1ccc(=O)n(-c2ccc(F)cc2)c1)N1CC[C@@H]2CCCC[C@H]21. The van der Waals surface area contributed by atoms with Gasteiger partial charge < -0.3 is 4.90 Å². The summed E-state index contributed by atoms with van der Waals surface area (Å²) in [5, 5.41) is 0. The molecule has 5 heteroatoms. The van der Waals surface area contributed by atoms with Gasteiger partial charge in [-0.3, -0.25) is 14.2 Å². The van der Waals surface area contributed by atoms with E-state index in [0.29, 0.717) is 23.2 Å². The number of halogens is 1. The number of hydrogen-bond donors (Lipinski definition) is 0. The lowest BCUT2D eigenvalue weighted by Gasteiger charge is -2.31. The molecule has 4 rings (SSSR count). The van der Waals surface area contributed by atoms with Crippen molar-refractivity contribution in [3.05, 3.63) is 64.3 Å². The molecule has 25 heavy (non-hydrogen) atoms. The Hall–Kier alpha value is -2.43. The number of pyridine rings is 1. The van der Waals surface area contributed by atoms with Crippen LogP contribution in [0.4, 0.5) is 4.39 Å². The Kier molecular flexibility index (Phi) is 4.15. The third kappa shape index (κ3) is 2.99. The van der Waals surface area contributed by atoms with Crippen molar-refractivity contribution in [3.8, 4) is 5.69 Å². The molecule has 2 aromatic rings. The van der Waals surface area contributed by atoms with Crippen molar-refractivity contribution in [2.24, 2.45) is 5.92 Å². The summed E-state index contributed by atoms with van der Waals surface area (Å²) in [4.78, 5) is 27.2. The molecule has 0 N–H and O–H groups in total. The van der Waals surface area contributed by atoms with Crippen LogP contribution < -0.4 is 5.56 Å². The van der Waals surface area contributed by atoms with Crippen molar-refractivity contribution in [1.82, 2.24) is 9.47 Å². The zero-order chi connectivity index (χ0) is 17.4. The number of nitrogens with zero attached hydrogens (tertiary/aromatic N) is 2. The van der Waals surface area contributed by atoms with E-state index in [-0.39, 0.29) is 17.3 Å². The van der Waals surface area contributed by atoms with Gasteiger partial charge in [0.15, 0.2) is 0 Å². The van der Waals surface area contributed by atoms with E-state index in [1.807, 2.05) is 4.90 Å². The van der Waals surface area contributed by atoms with Crippen molar-refractivity contribution < 1.29 is 9.18 Å². The fourth-order valence-electron chi connectivity index (χ4n) is 4.24. The molecular weight excluding hydrogens is 319 g/mol. The highest BCUT2D eigenvalue weighted by molar-refractivity contribution is 5.94. The lowest BCUT2D eigenvalue weighted by atomic mass is 9.85. The molecule has 130 valence electrons. The second-order valence-corrected chi connectivity index (χ2v) is 7.00. The Balaban J connectivity index is 1.64. The van der Waals surface area contributed by atoms with Crippen LogP contribution in [-0.2, 0) is 0 Å². The first-order valence-electron chi connectivity index (χ1n) is 8.93. The smallest absolute Gasteiger partial charge is 0.255 e. The zero-order valence-electron chi connectivity index (χ0n) is 14.0. The molecule has 0 spiro atoms. The topological polar surface area (TPSA) is 42.3 Å². The van der Waals surface area contributed by atoms with Crippen LogP contribution in [0.1, 0.15) is 42.5 Å². The van der Waals surface area contributed by atoms with E-state index >= 15 is 0 Å². The number of rotatable bonds is 2. The summed E-state index contributed by atoms with van der Waals surface area (Å²) in [5.74, 6) is 0.260. The van der Waals surface area contributed by atoms with E-state index < -0.39 is 0 Å². The number of hydrogen-bond acceptors (Lipinski definition) is 2. The van der Waals surface area contributed by atoms with E-state index in [1.54, 1.807) is 12.3 Å². The van der Waals surface area contributed by atoms with E-state index in [1.165, 1.54) is 54.2 Å². The summed E-state index contributed by atoms with van der Waals surface area (Å²) in [6.07, 6.45) is 7.39. The fourth-order valence-corrected chi connectivity index (χ4v) is 4.24. The summed E-state index contributed by atoms with van der Waals surface area (Å²) < 4.78 is 14.5. The fraction of sp³-hybridized carbons (Fsp3) is 0.400. The number of fused-ring (bicyclic) bond motifs is 1. The molecule has 2 heterocycles. The summed E-state index contributed by atoms with van der Waals surface area (Å²) in [6.45, 7) is 0.795. The molecule has 0 unspecified atom stereocenters. The van der Waals surface area contributed by atoms with E-state index in [0.717, 1.165) is 19.4 Å². The Morgan fingerprint density at radius 3 is 2.56 bits per heavy atom. The third-order valence-corrected chi connectivity index (χ3v) is 5.53. The lowest BCUT2D eigenvalue weighted by Crippen LogP contribution is -2.39. The van der Waals surface area contributed by atoms with E-state index in [9.17, 15) is 14.0 Å². The van der Waals surface area contributed by atoms with Crippen LogP contribution in [0.3, 0.4) is 0 Å². The molecule has 1 saturated heterocycles. The van der Waals surface area contributed by atoms with Crippen molar-refractivity contribution in [3.63, 3.8) is 0 Å². The van der Waals surface area contributed by atoms with Crippen LogP contribution in [-0.4, -0.2) is 28.0 Å². The van der Waals surface area contributed by atoms with Gasteiger partial charge in [0.1, 0.15) is 5.82 Å². The van der Waals surface area contributed by atoms with Gasteiger partial charge in [-0.2, -0.15) is 0 Å². The minimum absolute atomic E-state index is 0.00902. The maximum Gasteiger partial charge on any atom is 0.255 e. The van der Waals surface area contributed by atoms with Crippen LogP contribution in [0.15, 0.2) is 47.4 Å². The summed E-state index contributed by atoms with van der Waals surface area (Å²) in [7, 11) is 0. The van der Waals surface area contributed by atoms with Gasteiger partial charge in [0, 0.05) is 30.5 Å². The van der Waals surface area contributed by atoms with Crippen LogP contribution in [0.5, 0.6) is 0 Å². The molecule has 1 saturated carbocycles. The van der Waals surface area contributed by atoms with Gasteiger partial charge in [0.2, 0.25) is 0 Å². The van der Waals surface area contributed by atoms with Gasteiger partial charge in [-0.25, -0.2) is 4.39 Å². The number of carbonyl (C=O) groups excluding carboxylic acids is 1.